The van der Waals surface area contributed by atoms with E-state index in [9.17, 15) is 9.59 Å². The van der Waals surface area contributed by atoms with Crippen molar-refractivity contribution in [2.24, 2.45) is 0 Å². The molecule has 1 aliphatic rings. The Hall–Kier alpha value is -1.10. The van der Waals surface area contributed by atoms with E-state index in [2.05, 4.69) is 10.2 Å². The van der Waals surface area contributed by atoms with Crippen molar-refractivity contribution in [3.63, 3.8) is 0 Å². The van der Waals surface area contributed by atoms with E-state index in [1.807, 2.05) is 0 Å². The first-order valence-corrected chi connectivity index (χ1v) is 5.80. The second-order valence-corrected chi connectivity index (χ2v) is 4.21. The van der Waals surface area contributed by atoms with Gasteiger partial charge in [0.25, 0.3) is 0 Å². The van der Waals surface area contributed by atoms with Gasteiger partial charge in [-0.1, -0.05) is 0 Å². The van der Waals surface area contributed by atoms with Crippen molar-refractivity contribution < 1.29 is 14.7 Å². The number of carboxylic acids is 1. The third-order valence-corrected chi connectivity index (χ3v) is 3.04. The van der Waals surface area contributed by atoms with Gasteiger partial charge in [-0.2, -0.15) is 0 Å². The van der Waals surface area contributed by atoms with Crippen LogP contribution in [-0.4, -0.2) is 48.1 Å². The van der Waals surface area contributed by atoms with E-state index in [0.29, 0.717) is 6.42 Å². The van der Waals surface area contributed by atoms with E-state index in [1.54, 1.807) is 7.05 Å². The maximum atomic E-state index is 11.0. The van der Waals surface area contributed by atoms with Crippen LogP contribution < -0.4 is 5.32 Å². The molecule has 1 amide bonds. The molecule has 1 rings (SSSR count). The van der Waals surface area contributed by atoms with Crippen LogP contribution in [-0.2, 0) is 9.59 Å². The molecule has 0 radical (unpaired) electrons. The molecule has 16 heavy (non-hydrogen) atoms. The molecular weight excluding hydrogens is 208 g/mol. The summed E-state index contributed by atoms with van der Waals surface area (Å²) in [5.74, 6) is -0.683. The Morgan fingerprint density at radius 3 is 2.88 bits per heavy atom. The van der Waals surface area contributed by atoms with Crippen LogP contribution in [0.25, 0.3) is 0 Å². The highest BCUT2D eigenvalue weighted by molar-refractivity contribution is 5.75. The second kappa shape index (κ2) is 6.48. The number of hydrogen-bond donors (Lipinski definition) is 2. The summed E-state index contributed by atoms with van der Waals surface area (Å²) in [6, 6.07) is 0.169. The largest absolute Gasteiger partial charge is 0.481 e. The average Bonchev–Trinajstić information content (AvgIpc) is 2.64. The predicted octanol–water partition coefficient (Wildman–Crippen LogP) is 0.452. The number of hydrogen-bond acceptors (Lipinski definition) is 3. The Labute approximate surface area is 95.8 Å². The summed E-state index contributed by atoms with van der Waals surface area (Å²) >= 11 is 0. The van der Waals surface area contributed by atoms with Crippen LogP contribution in [0.2, 0.25) is 0 Å². The molecule has 1 aliphatic heterocycles. The molecule has 92 valence electrons. The van der Waals surface area contributed by atoms with Crippen molar-refractivity contribution in [1.29, 1.82) is 0 Å². The second-order valence-electron chi connectivity index (χ2n) is 4.21. The van der Waals surface area contributed by atoms with Gasteiger partial charge >= 0.3 is 5.97 Å². The van der Waals surface area contributed by atoms with Gasteiger partial charge in [0.2, 0.25) is 5.91 Å². The van der Waals surface area contributed by atoms with Crippen LogP contribution in [0.4, 0.5) is 0 Å². The first kappa shape index (κ1) is 13.0. The minimum atomic E-state index is -0.733. The number of carbonyl (C=O) groups is 2. The Morgan fingerprint density at radius 2 is 2.25 bits per heavy atom. The SMILES string of the molecule is CNC(=O)CCCN1CCCC1CC(=O)O. The molecule has 1 unspecified atom stereocenters. The number of carbonyl (C=O) groups excluding carboxylic acids is 1. The topological polar surface area (TPSA) is 69.6 Å². The van der Waals surface area contributed by atoms with Crippen molar-refractivity contribution in [3.8, 4) is 0 Å². The molecule has 1 heterocycles. The lowest BCUT2D eigenvalue weighted by atomic mass is 10.1. The van der Waals surface area contributed by atoms with Gasteiger partial charge < -0.3 is 10.4 Å². The van der Waals surface area contributed by atoms with E-state index in [-0.39, 0.29) is 18.4 Å². The molecule has 0 aromatic heterocycles. The summed E-state index contributed by atoms with van der Waals surface area (Å²) in [6.07, 6.45) is 3.58. The lowest BCUT2D eigenvalue weighted by molar-refractivity contribution is -0.138. The first-order valence-electron chi connectivity index (χ1n) is 5.80. The summed E-state index contributed by atoms with van der Waals surface area (Å²) < 4.78 is 0. The molecule has 0 spiro atoms. The summed E-state index contributed by atoms with van der Waals surface area (Å²) in [5.41, 5.74) is 0. The van der Waals surface area contributed by atoms with Crippen LogP contribution in [0, 0.1) is 0 Å². The molecule has 0 saturated carbocycles. The van der Waals surface area contributed by atoms with Gasteiger partial charge in [0.15, 0.2) is 0 Å². The third kappa shape index (κ3) is 4.18. The number of carboxylic acid groups (broad SMARTS) is 1. The molecule has 5 nitrogen and oxygen atoms in total. The molecule has 0 aromatic rings. The third-order valence-electron chi connectivity index (χ3n) is 3.04. The Kier molecular flexibility index (Phi) is 5.25. The van der Waals surface area contributed by atoms with Gasteiger partial charge in [-0.15, -0.1) is 0 Å². The maximum absolute atomic E-state index is 11.0. The zero-order chi connectivity index (χ0) is 12.0. The Balaban J connectivity index is 2.24. The van der Waals surface area contributed by atoms with Crippen LogP contribution >= 0.6 is 0 Å². The lowest BCUT2D eigenvalue weighted by Gasteiger charge is -2.22. The fourth-order valence-corrected chi connectivity index (χ4v) is 2.19. The smallest absolute Gasteiger partial charge is 0.304 e. The van der Waals surface area contributed by atoms with E-state index >= 15 is 0 Å². The average molecular weight is 228 g/mol. The van der Waals surface area contributed by atoms with Gasteiger partial charge in [0.05, 0.1) is 6.42 Å². The quantitative estimate of drug-likeness (QED) is 0.692. The molecule has 0 bridgehead atoms. The zero-order valence-electron chi connectivity index (χ0n) is 9.74. The molecule has 1 fully saturated rings. The van der Waals surface area contributed by atoms with Crippen molar-refractivity contribution in [3.05, 3.63) is 0 Å². The highest BCUT2D eigenvalue weighted by atomic mass is 16.4. The standard InChI is InChI=1S/C11H20N2O3/c1-12-10(14)5-3-7-13-6-2-4-9(13)8-11(15)16/h9H,2-8H2,1H3,(H,12,14)(H,15,16). The Bertz CT molecular complexity index is 256. The summed E-state index contributed by atoms with van der Waals surface area (Å²) in [5, 5.41) is 11.3. The fourth-order valence-electron chi connectivity index (χ4n) is 2.19. The number of rotatable bonds is 6. The van der Waals surface area contributed by atoms with Gasteiger partial charge in [-0.3, -0.25) is 14.5 Å². The van der Waals surface area contributed by atoms with Crippen LogP contribution in [0.15, 0.2) is 0 Å². The van der Waals surface area contributed by atoms with E-state index in [0.717, 1.165) is 32.4 Å². The molecule has 2 N–H and O–H groups in total. The first-order chi connectivity index (χ1) is 7.63. The fraction of sp³-hybridized carbons (Fsp3) is 0.818. The van der Waals surface area contributed by atoms with E-state index in [1.165, 1.54) is 0 Å². The minimum absolute atomic E-state index is 0.0500. The Morgan fingerprint density at radius 1 is 1.50 bits per heavy atom. The number of nitrogens with zero attached hydrogens (tertiary/aromatic N) is 1. The van der Waals surface area contributed by atoms with Crippen molar-refractivity contribution in [2.45, 2.75) is 38.1 Å². The number of amides is 1. The predicted molar refractivity (Wildman–Crippen MR) is 60.1 cm³/mol. The number of aliphatic carboxylic acids is 1. The van der Waals surface area contributed by atoms with Gasteiger partial charge in [0.1, 0.15) is 0 Å². The molecule has 0 aromatic carbocycles. The van der Waals surface area contributed by atoms with E-state index in [4.69, 9.17) is 5.11 Å². The van der Waals surface area contributed by atoms with Crippen LogP contribution in [0.3, 0.4) is 0 Å². The summed E-state index contributed by atoms with van der Waals surface area (Å²) in [6.45, 7) is 1.79. The van der Waals surface area contributed by atoms with Crippen molar-refractivity contribution in [2.75, 3.05) is 20.1 Å². The summed E-state index contributed by atoms with van der Waals surface area (Å²) in [4.78, 5) is 23.9. The normalized spacial score (nSPS) is 20.9. The van der Waals surface area contributed by atoms with Gasteiger partial charge in [-0.25, -0.2) is 0 Å². The van der Waals surface area contributed by atoms with E-state index < -0.39 is 5.97 Å². The van der Waals surface area contributed by atoms with Crippen LogP contribution in [0.1, 0.15) is 32.1 Å². The van der Waals surface area contributed by atoms with Crippen molar-refractivity contribution >= 4 is 11.9 Å². The molecule has 0 aliphatic carbocycles. The monoisotopic (exact) mass is 228 g/mol. The number of nitrogens with one attached hydrogen (secondary N) is 1. The molecule has 5 heteroatoms. The van der Waals surface area contributed by atoms with Crippen molar-refractivity contribution in [1.82, 2.24) is 10.2 Å². The minimum Gasteiger partial charge on any atom is -0.481 e. The molecular formula is C11H20N2O3. The number of likely N-dealkylation sites (tertiary alicyclic amines) is 1. The highest BCUT2D eigenvalue weighted by Gasteiger charge is 2.25. The maximum Gasteiger partial charge on any atom is 0.304 e. The zero-order valence-corrected chi connectivity index (χ0v) is 9.74. The van der Waals surface area contributed by atoms with Gasteiger partial charge in [0, 0.05) is 19.5 Å². The lowest BCUT2D eigenvalue weighted by Crippen LogP contribution is -2.32. The molecule has 1 atom stereocenters. The molecule has 1 saturated heterocycles. The van der Waals surface area contributed by atoms with Crippen LogP contribution in [0.5, 0.6) is 0 Å². The van der Waals surface area contributed by atoms with Gasteiger partial charge in [-0.05, 0) is 32.4 Å². The highest BCUT2D eigenvalue weighted by Crippen LogP contribution is 2.20. The summed E-state index contributed by atoms with van der Waals surface area (Å²) in [7, 11) is 1.63.